The van der Waals surface area contributed by atoms with Crippen molar-refractivity contribution in [2.45, 2.75) is 31.6 Å². The maximum absolute atomic E-state index is 11.3. The molecule has 3 rings (SSSR count). The molecule has 1 atom stereocenters. The van der Waals surface area contributed by atoms with Crippen LogP contribution in [0.2, 0.25) is 0 Å². The van der Waals surface area contributed by atoms with E-state index in [-0.39, 0.29) is 5.75 Å². The van der Waals surface area contributed by atoms with Crippen LogP contribution in [0.25, 0.3) is 0 Å². The Hall–Kier alpha value is -0.500. The molecule has 2 fully saturated rings. The van der Waals surface area contributed by atoms with E-state index in [1.54, 1.807) is 0 Å². The van der Waals surface area contributed by atoms with Gasteiger partial charge < -0.3 is 4.90 Å². The van der Waals surface area contributed by atoms with Crippen LogP contribution >= 0.6 is 11.3 Å². The molecule has 0 spiro atoms. The number of hydrogen-bond acceptors (Lipinski definition) is 6. The molecule has 0 amide bonds. The first-order valence-corrected chi connectivity index (χ1v) is 11.0. The quantitative estimate of drug-likeness (QED) is 0.785. The second-order valence-corrected chi connectivity index (χ2v) is 9.78. The minimum Gasteiger partial charge on any atom is -0.303 e. The summed E-state index contributed by atoms with van der Waals surface area (Å²) in [7, 11) is -2.98. The molecule has 0 aromatic carbocycles. The predicted octanol–water partition coefficient (Wildman–Crippen LogP) is 1.61. The van der Waals surface area contributed by atoms with Crippen molar-refractivity contribution in [3.05, 3.63) is 16.1 Å². The molecule has 22 heavy (non-hydrogen) atoms. The van der Waals surface area contributed by atoms with Crippen LogP contribution in [0.1, 0.15) is 30.0 Å². The summed E-state index contributed by atoms with van der Waals surface area (Å²) in [5.41, 5.74) is 1.02. The van der Waals surface area contributed by atoms with Gasteiger partial charge in [-0.25, -0.2) is 13.4 Å². The van der Waals surface area contributed by atoms with Gasteiger partial charge in [0.2, 0.25) is 0 Å². The third-order valence-electron chi connectivity index (χ3n) is 4.46. The largest absolute Gasteiger partial charge is 0.303 e. The number of nitrogens with zero attached hydrogens (tertiary/aromatic N) is 3. The summed E-state index contributed by atoms with van der Waals surface area (Å²) in [5, 5.41) is 2.72. The highest BCUT2D eigenvalue weighted by molar-refractivity contribution is 7.90. The molecular weight excluding hydrogens is 318 g/mol. The summed E-state index contributed by atoms with van der Waals surface area (Å²) in [5.74, 6) is 0.849. The van der Waals surface area contributed by atoms with Crippen molar-refractivity contribution in [3.63, 3.8) is 0 Å². The van der Waals surface area contributed by atoms with E-state index in [0.29, 0.717) is 5.01 Å². The third-order valence-corrected chi connectivity index (χ3v) is 6.33. The predicted molar refractivity (Wildman–Crippen MR) is 89.7 cm³/mol. The van der Waals surface area contributed by atoms with Gasteiger partial charge in [0.15, 0.2) is 9.84 Å². The summed E-state index contributed by atoms with van der Waals surface area (Å²) < 4.78 is 22.6. The standard InChI is InChI=1S/C15H25N3O2S2/c1-22(19,20)12-15-16-14(11-21-15)10-18-7-4-13(9-18)8-17-5-2-3-6-17/h11,13H,2-10,12H2,1H3. The average Bonchev–Trinajstić information content (AvgIpc) is 3.12. The molecular formula is C15H25N3O2S2. The van der Waals surface area contributed by atoms with Gasteiger partial charge in [0.25, 0.3) is 0 Å². The molecule has 7 heteroatoms. The Bertz CT molecular complexity index is 594. The molecule has 2 aliphatic heterocycles. The lowest BCUT2D eigenvalue weighted by atomic mass is 10.1. The van der Waals surface area contributed by atoms with Crippen LogP contribution in [-0.4, -0.2) is 62.2 Å². The van der Waals surface area contributed by atoms with Crippen LogP contribution in [0.15, 0.2) is 5.38 Å². The van der Waals surface area contributed by atoms with E-state index >= 15 is 0 Å². The van der Waals surface area contributed by atoms with E-state index in [2.05, 4.69) is 14.8 Å². The number of sulfone groups is 1. The molecule has 0 N–H and O–H groups in total. The van der Waals surface area contributed by atoms with E-state index in [4.69, 9.17) is 0 Å². The number of likely N-dealkylation sites (tertiary alicyclic amines) is 2. The van der Waals surface area contributed by atoms with Crippen molar-refractivity contribution in [1.29, 1.82) is 0 Å². The Labute approximate surface area is 137 Å². The zero-order valence-electron chi connectivity index (χ0n) is 13.2. The van der Waals surface area contributed by atoms with Gasteiger partial charge in [-0.2, -0.15) is 0 Å². The molecule has 0 saturated carbocycles. The molecule has 2 saturated heterocycles. The Morgan fingerprint density at radius 1 is 1.27 bits per heavy atom. The summed E-state index contributed by atoms with van der Waals surface area (Å²) in [6.07, 6.45) is 5.26. The minimum atomic E-state index is -2.98. The monoisotopic (exact) mass is 343 g/mol. The molecule has 5 nitrogen and oxygen atoms in total. The molecule has 2 aliphatic rings. The molecule has 124 valence electrons. The lowest BCUT2D eigenvalue weighted by molar-refractivity contribution is 0.260. The van der Waals surface area contributed by atoms with Gasteiger partial charge in [0, 0.05) is 31.3 Å². The Balaban J connectivity index is 1.47. The first-order valence-electron chi connectivity index (χ1n) is 8.04. The highest BCUT2D eigenvalue weighted by Gasteiger charge is 2.26. The zero-order chi connectivity index (χ0) is 15.6. The first-order chi connectivity index (χ1) is 10.5. The van der Waals surface area contributed by atoms with Crippen LogP contribution in [0.5, 0.6) is 0 Å². The lowest BCUT2D eigenvalue weighted by Crippen LogP contribution is -2.29. The van der Waals surface area contributed by atoms with E-state index in [1.165, 1.54) is 56.5 Å². The second-order valence-electron chi connectivity index (χ2n) is 6.70. The molecule has 0 bridgehead atoms. The fourth-order valence-electron chi connectivity index (χ4n) is 3.48. The number of hydrogen-bond donors (Lipinski definition) is 0. The molecule has 3 heterocycles. The fourth-order valence-corrected chi connectivity index (χ4v) is 5.47. The Morgan fingerprint density at radius 3 is 2.77 bits per heavy atom. The summed E-state index contributed by atoms with van der Waals surface area (Å²) in [6.45, 7) is 6.94. The summed E-state index contributed by atoms with van der Waals surface area (Å²) >= 11 is 1.46. The van der Waals surface area contributed by atoms with E-state index in [0.717, 1.165) is 31.2 Å². The molecule has 1 unspecified atom stereocenters. The van der Waals surface area contributed by atoms with Crippen molar-refractivity contribution in [2.75, 3.05) is 39.0 Å². The SMILES string of the molecule is CS(=O)(=O)Cc1nc(CN2CCC(CN3CCCC3)C2)cs1. The number of rotatable bonds is 6. The van der Waals surface area contributed by atoms with Gasteiger partial charge in [-0.3, -0.25) is 4.90 Å². The molecule has 0 radical (unpaired) electrons. The number of thiazole rings is 1. The Morgan fingerprint density at radius 2 is 2.05 bits per heavy atom. The van der Waals surface area contributed by atoms with Crippen LogP contribution in [0.3, 0.4) is 0 Å². The van der Waals surface area contributed by atoms with Crippen molar-refractivity contribution in [1.82, 2.24) is 14.8 Å². The molecule has 1 aromatic rings. The summed E-state index contributed by atoms with van der Waals surface area (Å²) in [6, 6.07) is 0. The van der Waals surface area contributed by atoms with Crippen LogP contribution in [0.4, 0.5) is 0 Å². The first kappa shape index (κ1) is 16.4. The zero-order valence-corrected chi connectivity index (χ0v) is 14.8. The minimum absolute atomic E-state index is 0.0647. The topological polar surface area (TPSA) is 53.5 Å². The van der Waals surface area contributed by atoms with Gasteiger partial charge in [0.1, 0.15) is 10.8 Å². The van der Waals surface area contributed by atoms with Crippen molar-refractivity contribution in [2.24, 2.45) is 5.92 Å². The molecule has 1 aromatic heterocycles. The smallest absolute Gasteiger partial charge is 0.153 e. The van der Waals surface area contributed by atoms with Crippen molar-refractivity contribution in [3.8, 4) is 0 Å². The van der Waals surface area contributed by atoms with Gasteiger partial charge >= 0.3 is 0 Å². The van der Waals surface area contributed by atoms with Gasteiger partial charge in [0.05, 0.1) is 5.69 Å². The van der Waals surface area contributed by atoms with Gasteiger partial charge in [-0.15, -0.1) is 11.3 Å². The summed E-state index contributed by atoms with van der Waals surface area (Å²) in [4.78, 5) is 9.53. The van der Waals surface area contributed by atoms with E-state index in [1.807, 2.05) is 5.38 Å². The van der Waals surface area contributed by atoms with Gasteiger partial charge in [-0.05, 0) is 44.8 Å². The molecule has 0 aliphatic carbocycles. The number of aromatic nitrogens is 1. The van der Waals surface area contributed by atoms with Crippen molar-refractivity contribution >= 4 is 21.2 Å². The van der Waals surface area contributed by atoms with E-state index < -0.39 is 9.84 Å². The van der Waals surface area contributed by atoms with Crippen molar-refractivity contribution < 1.29 is 8.42 Å². The average molecular weight is 344 g/mol. The van der Waals surface area contributed by atoms with Gasteiger partial charge in [-0.1, -0.05) is 0 Å². The highest BCUT2D eigenvalue weighted by Crippen LogP contribution is 2.22. The highest BCUT2D eigenvalue weighted by atomic mass is 32.2. The lowest BCUT2D eigenvalue weighted by Gasteiger charge is -2.20. The Kier molecular flexibility index (Phi) is 5.17. The normalized spacial score (nSPS) is 24.3. The van der Waals surface area contributed by atoms with Crippen LogP contribution in [0, 0.1) is 5.92 Å². The second kappa shape index (κ2) is 6.95. The maximum atomic E-state index is 11.3. The third kappa shape index (κ3) is 4.75. The van der Waals surface area contributed by atoms with E-state index in [9.17, 15) is 8.42 Å². The fraction of sp³-hybridized carbons (Fsp3) is 0.800. The van der Waals surface area contributed by atoms with Crippen LogP contribution in [-0.2, 0) is 22.1 Å². The maximum Gasteiger partial charge on any atom is 0.153 e. The van der Waals surface area contributed by atoms with Crippen LogP contribution < -0.4 is 0 Å².